The number of pyridine rings is 1. The van der Waals surface area contributed by atoms with E-state index in [0.717, 1.165) is 30.2 Å². The third-order valence-electron chi connectivity index (χ3n) is 6.35. The summed E-state index contributed by atoms with van der Waals surface area (Å²) in [6, 6.07) is 28.4. The van der Waals surface area contributed by atoms with Gasteiger partial charge in [-0.3, -0.25) is 9.78 Å². The normalized spacial score (nSPS) is 13.8. The fourth-order valence-corrected chi connectivity index (χ4v) is 4.45. The lowest BCUT2D eigenvalue weighted by atomic mass is 9.88. The number of carbonyl (C=O) groups is 1. The Bertz CT molecular complexity index is 1150. The van der Waals surface area contributed by atoms with E-state index < -0.39 is 0 Å². The Labute approximate surface area is 199 Å². The number of nitrogens with zero attached hydrogens (tertiary/aromatic N) is 5. The minimum absolute atomic E-state index is 0.0545. The van der Waals surface area contributed by atoms with Crippen molar-refractivity contribution in [2.24, 2.45) is 0 Å². The lowest BCUT2D eigenvalue weighted by molar-refractivity contribution is -0.131. The minimum atomic E-state index is 0.0545. The Morgan fingerprint density at radius 2 is 1.44 bits per heavy atom. The summed E-state index contributed by atoms with van der Waals surface area (Å²) in [7, 11) is 0. The predicted molar refractivity (Wildman–Crippen MR) is 133 cm³/mol. The smallest absolute Gasteiger partial charge is 0.223 e. The molecule has 0 N–H and O–H groups in total. The highest BCUT2D eigenvalue weighted by Gasteiger charge is 2.25. The third kappa shape index (κ3) is 4.96. The Kier molecular flexibility index (Phi) is 6.56. The fourth-order valence-electron chi connectivity index (χ4n) is 4.45. The molecule has 1 aliphatic heterocycles. The molecule has 1 amide bonds. The average molecular weight is 450 g/mol. The molecule has 4 aromatic rings. The summed E-state index contributed by atoms with van der Waals surface area (Å²) in [5.41, 5.74) is 4.09. The van der Waals surface area contributed by atoms with Crippen molar-refractivity contribution in [1.82, 2.24) is 20.1 Å². The van der Waals surface area contributed by atoms with Crippen LogP contribution in [0.15, 0.2) is 97.3 Å². The number of carbonyl (C=O) groups excluding carboxylic acids is 1. The maximum Gasteiger partial charge on any atom is 0.223 e. The van der Waals surface area contributed by atoms with Crippen molar-refractivity contribution in [3.8, 4) is 11.3 Å². The van der Waals surface area contributed by atoms with E-state index in [-0.39, 0.29) is 11.8 Å². The second-order valence-corrected chi connectivity index (χ2v) is 8.46. The van der Waals surface area contributed by atoms with Crippen LogP contribution in [-0.4, -0.2) is 52.2 Å². The molecule has 170 valence electrons. The molecule has 0 aliphatic carbocycles. The second-order valence-electron chi connectivity index (χ2n) is 8.46. The van der Waals surface area contributed by atoms with Crippen LogP contribution in [0.5, 0.6) is 0 Å². The SMILES string of the molecule is O=C(CC(c1ccccc1)c1ccccc1)N1CCN(c2ccc(-c3cccnc3)nn2)CC1. The number of rotatable bonds is 6. The van der Waals surface area contributed by atoms with Gasteiger partial charge in [-0.2, -0.15) is 0 Å². The minimum Gasteiger partial charge on any atom is -0.352 e. The van der Waals surface area contributed by atoms with Crippen molar-refractivity contribution in [2.75, 3.05) is 31.1 Å². The topological polar surface area (TPSA) is 62.2 Å². The van der Waals surface area contributed by atoms with Crippen LogP contribution in [0.1, 0.15) is 23.5 Å². The van der Waals surface area contributed by atoms with E-state index in [0.29, 0.717) is 19.5 Å². The first-order valence-electron chi connectivity index (χ1n) is 11.6. The molecule has 5 rings (SSSR count). The van der Waals surface area contributed by atoms with Crippen LogP contribution < -0.4 is 4.90 Å². The summed E-state index contributed by atoms with van der Waals surface area (Å²) < 4.78 is 0. The first-order valence-corrected chi connectivity index (χ1v) is 11.6. The number of piperazine rings is 1. The number of benzene rings is 2. The quantitative estimate of drug-likeness (QED) is 0.436. The summed E-state index contributed by atoms with van der Waals surface area (Å²) in [4.78, 5) is 21.6. The van der Waals surface area contributed by atoms with Crippen LogP contribution in [0, 0.1) is 0 Å². The van der Waals surface area contributed by atoms with Crippen LogP contribution in [0.2, 0.25) is 0 Å². The van der Waals surface area contributed by atoms with Crippen LogP contribution >= 0.6 is 0 Å². The van der Waals surface area contributed by atoms with E-state index in [1.54, 1.807) is 12.4 Å². The van der Waals surface area contributed by atoms with Crippen LogP contribution in [0.4, 0.5) is 5.82 Å². The van der Waals surface area contributed by atoms with E-state index in [1.165, 1.54) is 11.1 Å². The Morgan fingerprint density at radius 1 is 0.765 bits per heavy atom. The first kappa shape index (κ1) is 21.8. The Hall–Kier alpha value is -4.06. The van der Waals surface area contributed by atoms with Crippen molar-refractivity contribution >= 4 is 11.7 Å². The van der Waals surface area contributed by atoms with Gasteiger partial charge in [-0.05, 0) is 35.4 Å². The van der Waals surface area contributed by atoms with Gasteiger partial charge in [0.05, 0.1) is 5.69 Å². The van der Waals surface area contributed by atoms with Gasteiger partial charge in [0, 0.05) is 56.5 Å². The zero-order chi connectivity index (χ0) is 23.2. The predicted octanol–water partition coefficient (Wildman–Crippen LogP) is 4.41. The van der Waals surface area contributed by atoms with E-state index in [1.807, 2.05) is 65.6 Å². The highest BCUT2D eigenvalue weighted by molar-refractivity contribution is 5.78. The second kappa shape index (κ2) is 10.3. The molecule has 2 aromatic heterocycles. The number of hydrogen-bond donors (Lipinski definition) is 0. The van der Waals surface area contributed by atoms with Crippen LogP contribution in [-0.2, 0) is 4.79 Å². The summed E-state index contributed by atoms with van der Waals surface area (Å²) in [5, 5.41) is 8.79. The highest BCUT2D eigenvalue weighted by Crippen LogP contribution is 2.29. The van der Waals surface area contributed by atoms with Gasteiger partial charge in [-0.15, -0.1) is 10.2 Å². The molecule has 0 bridgehead atoms. The largest absolute Gasteiger partial charge is 0.352 e. The fraction of sp³-hybridized carbons (Fsp3) is 0.214. The van der Waals surface area contributed by atoms with Gasteiger partial charge < -0.3 is 9.80 Å². The maximum atomic E-state index is 13.3. The van der Waals surface area contributed by atoms with Crippen molar-refractivity contribution in [1.29, 1.82) is 0 Å². The molecule has 1 saturated heterocycles. The molecule has 0 spiro atoms. The molecule has 6 heteroatoms. The molecule has 0 unspecified atom stereocenters. The lowest BCUT2D eigenvalue weighted by Gasteiger charge is -2.36. The molecule has 0 radical (unpaired) electrons. The first-order chi connectivity index (χ1) is 16.8. The van der Waals surface area contributed by atoms with Gasteiger partial charge in [0.15, 0.2) is 5.82 Å². The molecular formula is C28H27N5O. The van der Waals surface area contributed by atoms with E-state index in [9.17, 15) is 4.79 Å². The van der Waals surface area contributed by atoms with Gasteiger partial charge in [0.2, 0.25) is 5.91 Å². The van der Waals surface area contributed by atoms with Crippen molar-refractivity contribution in [3.63, 3.8) is 0 Å². The van der Waals surface area contributed by atoms with Gasteiger partial charge in [-0.1, -0.05) is 60.7 Å². The number of anilines is 1. The molecule has 6 nitrogen and oxygen atoms in total. The monoisotopic (exact) mass is 449 g/mol. The van der Waals surface area contributed by atoms with Gasteiger partial charge in [0.25, 0.3) is 0 Å². The lowest BCUT2D eigenvalue weighted by Crippen LogP contribution is -2.49. The van der Waals surface area contributed by atoms with Crippen LogP contribution in [0.3, 0.4) is 0 Å². The summed E-state index contributed by atoms with van der Waals surface area (Å²) in [5.74, 6) is 1.08. The van der Waals surface area contributed by atoms with E-state index >= 15 is 0 Å². The van der Waals surface area contributed by atoms with E-state index in [4.69, 9.17) is 0 Å². The Morgan fingerprint density at radius 3 is 2.00 bits per heavy atom. The summed E-state index contributed by atoms with van der Waals surface area (Å²) in [6.07, 6.45) is 3.99. The zero-order valence-electron chi connectivity index (χ0n) is 19.0. The molecule has 1 aliphatic rings. The number of hydrogen-bond acceptors (Lipinski definition) is 5. The third-order valence-corrected chi connectivity index (χ3v) is 6.35. The molecular weight excluding hydrogens is 422 g/mol. The maximum absolute atomic E-state index is 13.3. The van der Waals surface area contributed by atoms with Gasteiger partial charge >= 0.3 is 0 Å². The number of aromatic nitrogens is 3. The molecule has 3 heterocycles. The highest BCUT2D eigenvalue weighted by atomic mass is 16.2. The zero-order valence-corrected chi connectivity index (χ0v) is 19.0. The molecule has 0 atom stereocenters. The van der Waals surface area contributed by atoms with Crippen molar-refractivity contribution in [3.05, 3.63) is 108 Å². The molecule has 0 saturated carbocycles. The van der Waals surface area contributed by atoms with E-state index in [2.05, 4.69) is 44.3 Å². The van der Waals surface area contributed by atoms with Crippen molar-refractivity contribution < 1.29 is 4.79 Å². The van der Waals surface area contributed by atoms with Crippen molar-refractivity contribution in [2.45, 2.75) is 12.3 Å². The summed E-state index contributed by atoms with van der Waals surface area (Å²) in [6.45, 7) is 2.85. The molecule has 2 aromatic carbocycles. The summed E-state index contributed by atoms with van der Waals surface area (Å²) >= 11 is 0. The molecule has 1 fully saturated rings. The molecule has 34 heavy (non-hydrogen) atoms. The Balaban J connectivity index is 1.22. The van der Waals surface area contributed by atoms with Gasteiger partial charge in [0.1, 0.15) is 0 Å². The number of amides is 1. The standard InChI is InChI=1S/C28H27N5O/c34-28(20-25(22-8-3-1-4-9-22)23-10-5-2-6-11-23)33-18-16-32(17-19-33)27-14-13-26(30-31-27)24-12-7-15-29-21-24/h1-15,21,25H,16-20H2. The van der Waals surface area contributed by atoms with Gasteiger partial charge in [-0.25, -0.2) is 0 Å². The average Bonchev–Trinajstić information content (AvgIpc) is 2.93. The van der Waals surface area contributed by atoms with Crippen LogP contribution in [0.25, 0.3) is 11.3 Å².